The topological polar surface area (TPSA) is 73.4 Å². The second kappa shape index (κ2) is 2.56. The van der Waals surface area contributed by atoms with Crippen molar-refractivity contribution in [1.29, 1.82) is 10.5 Å². The third-order valence-corrected chi connectivity index (χ3v) is 0.947. The van der Waals surface area contributed by atoms with E-state index in [0.717, 1.165) is 0 Å². The Morgan fingerprint density at radius 1 is 1.30 bits per heavy atom. The van der Waals surface area contributed by atoms with Crippen LogP contribution in [-0.4, -0.2) is 10.2 Å². The summed E-state index contributed by atoms with van der Waals surface area (Å²) in [4.78, 5) is 0. The lowest BCUT2D eigenvalue weighted by atomic mass is 10.2. The van der Waals surface area contributed by atoms with Gasteiger partial charge in [-0.2, -0.15) is 15.6 Å². The van der Waals surface area contributed by atoms with Gasteiger partial charge in [0.15, 0.2) is 5.69 Å². The highest BCUT2D eigenvalue weighted by molar-refractivity contribution is 5.38. The minimum Gasteiger partial charge on any atom is -0.192 e. The molecule has 1 aromatic rings. The Labute approximate surface area is 57.4 Å². The van der Waals surface area contributed by atoms with Crippen molar-refractivity contribution in [2.75, 3.05) is 0 Å². The molecule has 0 amide bonds. The van der Waals surface area contributed by atoms with E-state index in [1.807, 2.05) is 6.07 Å². The predicted molar refractivity (Wildman–Crippen MR) is 31.5 cm³/mol. The maximum Gasteiger partial charge on any atom is 0.180 e. The average Bonchev–Trinajstić information content (AvgIpc) is 2.04. The van der Waals surface area contributed by atoms with E-state index in [1.165, 1.54) is 12.3 Å². The number of rotatable bonds is 0. The summed E-state index contributed by atoms with van der Waals surface area (Å²) in [5.41, 5.74) is 0.336. The SMILES string of the molecule is N#Cc1ccnnc1C#N. The maximum atomic E-state index is 8.38. The number of nitrogens with zero attached hydrogens (tertiary/aromatic N) is 4. The first kappa shape index (κ1) is 6.18. The Balaban J connectivity index is 3.28. The van der Waals surface area contributed by atoms with Gasteiger partial charge in [-0.15, -0.1) is 5.10 Å². The van der Waals surface area contributed by atoms with Gasteiger partial charge in [-0.25, -0.2) is 0 Å². The van der Waals surface area contributed by atoms with Gasteiger partial charge in [-0.1, -0.05) is 0 Å². The molecule has 0 aromatic carbocycles. The van der Waals surface area contributed by atoms with Crippen LogP contribution in [-0.2, 0) is 0 Å². The molecule has 0 aliphatic heterocycles. The summed E-state index contributed by atoms with van der Waals surface area (Å²) in [7, 11) is 0. The van der Waals surface area contributed by atoms with Crippen molar-refractivity contribution in [1.82, 2.24) is 10.2 Å². The van der Waals surface area contributed by atoms with Crippen LogP contribution in [0.4, 0.5) is 0 Å². The molecule has 0 aliphatic rings. The van der Waals surface area contributed by atoms with Crippen LogP contribution in [0.5, 0.6) is 0 Å². The molecule has 0 radical (unpaired) electrons. The molecule has 0 atom stereocenters. The van der Waals surface area contributed by atoms with Crippen LogP contribution in [0, 0.1) is 22.7 Å². The van der Waals surface area contributed by atoms with E-state index in [4.69, 9.17) is 10.5 Å². The second-order valence-electron chi connectivity index (χ2n) is 1.52. The molecule has 10 heavy (non-hydrogen) atoms. The molecule has 0 bridgehead atoms. The lowest BCUT2D eigenvalue weighted by Crippen LogP contribution is -1.89. The third kappa shape index (κ3) is 0.910. The van der Waals surface area contributed by atoms with Crippen molar-refractivity contribution >= 4 is 0 Å². The Kier molecular flexibility index (Phi) is 1.58. The predicted octanol–water partition coefficient (Wildman–Crippen LogP) is 0.220. The molecule has 0 saturated heterocycles. The van der Waals surface area contributed by atoms with Crippen LogP contribution in [0.15, 0.2) is 12.3 Å². The smallest absolute Gasteiger partial charge is 0.180 e. The zero-order valence-electron chi connectivity index (χ0n) is 4.94. The molecule has 46 valence electrons. The second-order valence-corrected chi connectivity index (χ2v) is 1.52. The molecule has 1 heterocycles. The van der Waals surface area contributed by atoms with E-state index in [2.05, 4.69) is 10.2 Å². The normalized spacial score (nSPS) is 7.80. The van der Waals surface area contributed by atoms with Gasteiger partial charge in [-0.3, -0.25) is 0 Å². The molecule has 4 nitrogen and oxygen atoms in total. The maximum absolute atomic E-state index is 8.38. The van der Waals surface area contributed by atoms with Crippen molar-refractivity contribution in [3.8, 4) is 12.1 Å². The summed E-state index contributed by atoms with van der Waals surface area (Å²) >= 11 is 0. The minimum absolute atomic E-state index is 0.0741. The van der Waals surface area contributed by atoms with Crippen LogP contribution in [0.1, 0.15) is 11.3 Å². The fraction of sp³-hybridized carbons (Fsp3) is 0. The van der Waals surface area contributed by atoms with E-state index in [-0.39, 0.29) is 11.3 Å². The third-order valence-electron chi connectivity index (χ3n) is 0.947. The molecule has 0 N–H and O–H groups in total. The first-order chi connectivity index (χ1) is 4.88. The van der Waals surface area contributed by atoms with Gasteiger partial charge < -0.3 is 0 Å². The van der Waals surface area contributed by atoms with Gasteiger partial charge in [0.25, 0.3) is 0 Å². The van der Waals surface area contributed by atoms with Crippen LogP contribution in [0.25, 0.3) is 0 Å². The van der Waals surface area contributed by atoms with E-state index < -0.39 is 0 Å². The molecule has 1 aromatic heterocycles. The van der Waals surface area contributed by atoms with Crippen molar-refractivity contribution < 1.29 is 0 Å². The summed E-state index contributed by atoms with van der Waals surface area (Å²) < 4.78 is 0. The van der Waals surface area contributed by atoms with Gasteiger partial charge >= 0.3 is 0 Å². The van der Waals surface area contributed by atoms with E-state index >= 15 is 0 Å². The summed E-state index contributed by atoms with van der Waals surface area (Å²) in [6.45, 7) is 0. The van der Waals surface area contributed by atoms with Gasteiger partial charge in [-0.05, 0) is 6.07 Å². The minimum atomic E-state index is 0.0741. The molecule has 0 aliphatic carbocycles. The van der Waals surface area contributed by atoms with E-state index in [0.29, 0.717) is 0 Å². The zero-order valence-corrected chi connectivity index (χ0v) is 4.94. The quantitative estimate of drug-likeness (QED) is 0.503. The monoisotopic (exact) mass is 130 g/mol. The van der Waals surface area contributed by atoms with Crippen LogP contribution in [0.3, 0.4) is 0 Å². The van der Waals surface area contributed by atoms with E-state index in [1.54, 1.807) is 6.07 Å². The largest absolute Gasteiger partial charge is 0.192 e. The Morgan fingerprint density at radius 3 is 2.60 bits per heavy atom. The van der Waals surface area contributed by atoms with Crippen LogP contribution >= 0.6 is 0 Å². The molecule has 4 heteroatoms. The lowest BCUT2D eigenvalue weighted by Gasteiger charge is -1.85. The summed E-state index contributed by atoms with van der Waals surface area (Å²) in [5.74, 6) is 0. The molecule has 0 spiro atoms. The molecule has 1 rings (SSSR count). The van der Waals surface area contributed by atoms with Crippen molar-refractivity contribution in [3.05, 3.63) is 23.5 Å². The van der Waals surface area contributed by atoms with Crippen LogP contribution < -0.4 is 0 Å². The summed E-state index contributed by atoms with van der Waals surface area (Å²) in [6.07, 6.45) is 1.37. The first-order valence-electron chi connectivity index (χ1n) is 2.50. The Bertz CT molecular complexity index is 284. The first-order valence-corrected chi connectivity index (χ1v) is 2.50. The van der Waals surface area contributed by atoms with Gasteiger partial charge in [0.2, 0.25) is 0 Å². The molecular weight excluding hydrogens is 128 g/mol. The fourth-order valence-corrected chi connectivity index (χ4v) is 0.505. The number of hydrogen-bond acceptors (Lipinski definition) is 4. The van der Waals surface area contributed by atoms with Crippen molar-refractivity contribution in [2.24, 2.45) is 0 Å². The Hall–Kier alpha value is -1.94. The highest BCUT2D eigenvalue weighted by Crippen LogP contribution is 1.97. The molecule has 0 fully saturated rings. The number of nitriles is 2. The van der Waals surface area contributed by atoms with Gasteiger partial charge in [0.1, 0.15) is 12.1 Å². The molecular formula is C6H2N4. The lowest BCUT2D eigenvalue weighted by molar-refractivity contribution is 1.00. The molecule has 0 saturated carbocycles. The highest BCUT2D eigenvalue weighted by Gasteiger charge is 1.98. The molecule has 0 unspecified atom stereocenters. The number of hydrogen-bond donors (Lipinski definition) is 0. The standard InChI is InChI=1S/C6H2N4/c7-3-5-1-2-9-10-6(5)4-8/h1-2H. The summed E-state index contributed by atoms with van der Waals surface area (Å²) in [5, 5.41) is 23.6. The van der Waals surface area contributed by atoms with Crippen LogP contribution in [0.2, 0.25) is 0 Å². The van der Waals surface area contributed by atoms with E-state index in [9.17, 15) is 0 Å². The summed E-state index contributed by atoms with van der Waals surface area (Å²) in [6, 6.07) is 5.02. The van der Waals surface area contributed by atoms with Gasteiger partial charge in [0.05, 0.1) is 11.8 Å². The van der Waals surface area contributed by atoms with Crippen molar-refractivity contribution in [2.45, 2.75) is 0 Å². The Morgan fingerprint density at radius 2 is 2.10 bits per heavy atom. The fourth-order valence-electron chi connectivity index (χ4n) is 0.505. The van der Waals surface area contributed by atoms with Gasteiger partial charge in [0, 0.05) is 0 Å². The average molecular weight is 130 g/mol. The van der Waals surface area contributed by atoms with Crippen molar-refractivity contribution in [3.63, 3.8) is 0 Å². The zero-order chi connectivity index (χ0) is 7.40. The number of aromatic nitrogens is 2. The highest BCUT2D eigenvalue weighted by atomic mass is 15.1.